The predicted octanol–water partition coefficient (Wildman–Crippen LogP) is -0.0607. The molecule has 0 saturated carbocycles. The third kappa shape index (κ3) is 4.50. The van der Waals surface area contributed by atoms with E-state index in [9.17, 15) is 17.8 Å². The molecule has 9 nitrogen and oxygen atoms in total. The van der Waals surface area contributed by atoms with Crippen molar-refractivity contribution in [3.8, 4) is 0 Å². The van der Waals surface area contributed by atoms with Crippen molar-refractivity contribution in [2.45, 2.75) is 11.8 Å². The predicted molar refractivity (Wildman–Crippen MR) is 84.0 cm³/mol. The Hall–Kier alpha value is -1.98. The van der Waals surface area contributed by atoms with Gasteiger partial charge in [-0.05, 0) is 18.2 Å². The lowest BCUT2D eigenvalue weighted by Crippen LogP contribution is -2.51. The molecule has 0 unspecified atom stereocenters. The number of carbonyl (C=O) groups excluding carboxylic acids is 1. The van der Waals surface area contributed by atoms with Crippen molar-refractivity contribution in [1.82, 2.24) is 10.5 Å². The fourth-order valence-corrected chi connectivity index (χ4v) is 2.77. The average molecular weight is 342 g/mol. The summed E-state index contributed by atoms with van der Waals surface area (Å²) in [6.07, 6.45) is 3.35. The average Bonchev–Trinajstić information content (AvgIpc) is 2.46. The lowest BCUT2D eigenvalue weighted by atomic mass is 10.2. The van der Waals surface area contributed by atoms with Crippen LogP contribution in [-0.4, -0.2) is 48.7 Å². The standard InChI is InChI=1S/C13H18N4O5S/c1-10(19)14-11-3-4-13(23(20,21)22)12(9-11)17-6-2-5-16(15-17)7-8-18/h2-4,6,9,15,18H,5,7-8H2,1H3,(H,14,19)(H,20,21,22). The molecule has 0 radical (unpaired) electrons. The van der Waals surface area contributed by atoms with E-state index in [0.717, 1.165) is 0 Å². The molecule has 0 fully saturated rings. The first-order valence-corrected chi connectivity index (χ1v) is 8.22. The molecule has 0 aliphatic carbocycles. The quantitative estimate of drug-likeness (QED) is 0.549. The number of benzene rings is 1. The summed E-state index contributed by atoms with van der Waals surface area (Å²) in [6, 6.07) is 4.01. The Morgan fingerprint density at radius 1 is 1.43 bits per heavy atom. The maximum absolute atomic E-state index is 11.6. The molecular formula is C13H18N4O5S. The summed E-state index contributed by atoms with van der Waals surface area (Å²) < 4.78 is 32.5. The molecule has 1 aliphatic heterocycles. The zero-order chi connectivity index (χ0) is 17.0. The number of rotatable bonds is 5. The number of hydrogen-bond donors (Lipinski definition) is 4. The van der Waals surface area contributed by atoms with Crippen molar-refractivity contribution in [2.75, 3.05) is 30.0 Å². The normalized spacial score (nSPS) is 15.7. The Kier molecular flexibility index (Phi) is 5.34. The molecular weight excluding hydrogens is 324 g/mol. The SMILES string of the molecule is CC(=O)Nc1ccc(S(=O)(=O)O)c(N2C=CCN(CCO)N2)c1. The van der Waals surface area contributed by atoms with E-state index in [1.54, 1.807) is 17.3 Å². The number of nitrogens with one attached hydrogen (secondary N) is 2. The van der Waals surface area contributed by atoms with Crippen LogP contribution in [0.3, 0.4) is 0 Å². The minimum Gasteiger partial charge on any atom is -0.395 e. The molecule has 1 aliphatic rings. The van der Waals surface area contributed by atoms with Crippen LogP contribution in [-0.2, 0) is 14.9 Å². The van der Waals surface area contributed by atoms with Crippen molar-refractivity contribution in [3.05, 3.63) is 30.5 Å². The first-order chi connectivity index (χ1) is 10.8. The van der Waals surface area contributed by atoms with Gasteiger partial charge >= 0.3 is 0 Å². The van der Waals surface area contributed by atoms with Gasteiger partial charge in [0.25, 0.3) is 10.1 Å². The molecule has 1 heterocycles. The highest BCUT2D eigenvalue weighted by Gasteiger charge is 2.22. The maximum atomic E-state index is 11.6. The smallest absolute Gasteiger partial charge is 0.296 e. The lowest BCUT2D eigenvalue weighted by molar-refractivity contribution is -0.114. The highest BCUT2D eigenvalue weighted by atomic mass is 32.2. The van der Waals surface area contributed by atoms with Crippen LogP contribution in [0.5, 0.6) is 0 Å². The number of amides is 1. The monoisotopic (exact) mass is 342 g/mol. The Morgan fingerprint density at radius 3 is 2.78 bits per heavy atom. The van der Waals surface area contributed by atoms with Gasteiger partial charge in [0, 0.05) is 31.9 Å². The minimum absolute atomic E-state index is 0.0776. The second-order valence-corrected chi connectivity index (χ2v) is 6.25. The minimum atomic E-state index is -4.45. The second kappa shape index (κ2) is 7.06. The van der Waals surface area contributed by atoms with Crippen LogP contribution in [0.1, 0.15) is 6.92 Å². The van der Waals surface area contributed by atoms with Gasteiger partial charge < -0.3 is 10.4 Å². The van der Waals surface area contributed by atoms with Crippen LogP contribution >= 0.6 is 0 Å². The molecule has 10 heteroatoms. The number of aliphatic hydroxyl groups is 1. The van der Waals surface area contributed by atoms with Crippen molar-refractivity contribution < 1.29 is 22.9 Å². The van der Waals surface area contributed by atoms with Gasteiger partial charge in [-0.1, -0.05) is 6.08 Å². The molecule has 1 amide bonds. The second-order valence-electron chi connectivity index (χ2n) is 4.86. The molecule has 0 saturated heterocycles. The molecule has 0 atom stereocenters. The van der Waals surface area contributed by atoms with Gasteiger partial charge in [-0.25, -0.2) is 5.01 Å². The van der Waals surface area contributed by atoms with E-state index in [4.69, 9.17) is 5.11 Å². The zero-order valence-corrected chi connectivity index (χ0v) is 13.2. The van der Waals surface area contributed by atoms with Crippen LogP contribution in [0.25, 0.3) is 0 Å². The number of β-amino-alcohol motifs (C(OH)–C–C–N with tert-alkyl or cyclic N) is 1. The molecule has 1 aromatic rings. The number of carbonyl (C=O) groups is 1. The van der Waals surface area contributed by atoms with E-state index in [0.29, 0.717) is 18.8 Å². The summed E-state index contributed by atoms with van der Waals surface area (Å²) in [5.74, 6) is -0.306. The molecule has 1 aromatic carbocycles. The van der Waals surface area contributed by atoms with Gasteiger partial charge in [0.2, 0.25) is 5.91 Å². The fourth-order valence-electron chi connectivity index (χ4n) is 2.11. The summed E-state index contributed by atoms with van der Waals surface area (Å²) in [4.78, 5) is 10.9. The Labute approximate surface area is 133 Å². The zero-order valence-electron chi connectivity index (χ0n) is 12.4. The van der Waals surface area contributed by atoms with Crippen LogP contribution in [0, 0.1) is 0 Å². The Morgan fingerprint density at radius 2 is 2.17 bits per heavy atom. The third-order valence-corrected chi connectivity index (χ3v) is 3.92. The summed E-state index contributed by atoms with van der Waals surface area (Å²) in [5, 5.41) is 14.6. The van der Waals surface area contributed by atoms with Crippen LogP contribution < -0.4 is 15.9 Å². The third-order valence-electron chi connectivity index (χ3n) is 3.02. The number of aliphatic hydroxyl groups excluding tert-OH is 1. The number of anilines is 2. The van der Waals surface area contributed by atoms with Crippen molar-refractivity contribution in [1.29, 1.82) is 0 Å². The van der Waals surface area contributed by atoms with E-state index in [-0.39, 0.29) is 23.1 Å². The largest absolute Gasteiger partial charge is 0.395 e. The van der Waals surface area contributed by atoms with E-state index in [2.05, 4.69) is 10.9 Å². The Bertz CT molecular complexity index is 719. The highest BCUT2D eigenvalue weighted by Crippen LogP contribution is 2.29. The fraction of sp³-hybridized carbons (Fsp3) is 0.308. The summed E-state index contributed by atoms with van der Waals surface area (Å²) in [7, 11) is -4.45. The summed E-state index contributed by atoms with van der Waals surface area (Å²) in [6.45, 7) is 2.10. The molecule has 0 bridgehead atoms. The van der Waals surface area contributed by atoms with Crippen molar-refractivity contribution in [2.24, 2.45) is 0 Å². The lowest BCUT2D eigenvalue weighted by Gasteiger charge is -2.33. The van der Waals surface area contributed by atoms with Gasteiger partial charge in [-0.15, -0.1) is 0 Å². The van der Waals surface area contributed by atoms with Gasteiger partial charge in [0.1, 0.15) is 4.90 Å². The van der Waals surface area contributed by atoms with Gasteiger partial charge in [0.15, 0.2) is 0 Å². The van der Waals surface area contributed by atoms with Crippen LogP contribution in [0.2, 0.25) is 0 Å². The first-order valence-electron chi connectivity index (χ1n) is 6.78. The van der Waals surface area contributed by atoms with E-state index in [1.165, 1.54) is 30.1 Å². The first kappa shape index (κ1) is 17.4. The van der Waals surface area contributed by atoms with E-state index >= 15 is 0 Å². The number of nitrogens with zero attached hydrogens (tertiary/aromatic N) is 2. The van der Waals surface area contributed by atoms with Crippen LogP contribution in [0.15, 0.2) is 35.4 Å². The summed E-state index contributed by atoms with van der Waals surface area (Å²) >= 11 is 0. The topological polar surface area (TPSA) is 122 Å². The molecule has 2 rings (SSSR count). The van der Waals surface area contributed by atoms with Gasteiger partial charge in [0.05, 0.1) is 12.3 Å². The maximum Gasteiger partial charge on any atom is 0.296 e. The van der Waals surface area contributed by atoms with Gasteiger partial charge in [-0.3, -0.25) is 14.4 Å². The van der Waals surface area contributed by atoms with E-state index in [1.807, 2.05) is 0 Å². The highest BCUT2D eigenvalue weighted by molar-refractivity contribution is 7.86. The molecule has 0 aromatic heterocycles. The summed E-state index contributed by atoms with van der Waals surface area (Å²) in [5.41, 5.74) is 3.42. The Balaban J connectivity index is 2.42. The number of hydrogen-bond acceptors (Lipinski definition) is 7. The van der Waals surface area contributed by atoms with Gasteiger partial charge in [-0.2, -0.15) is 14.0 Å². The van der Waals surface area contributed by atoms with Crippen LogP contribution in [0.4, 0.5) is 11.4 Å². The number of hydrazine groups is 2. The molecule has 0 spiro atoms. The van der Waals surface area contributed by atoms with Crippen molar-refractivity contribution >= 4 is 27.4 Å². The molecule has 126 valence electrons. The molecule has 4 N–H and O–H groups in total. The van der Waals surface area contributed by atoms with E-state index < -0.39 is 10.1 Å². The van der Waals surface area contributed by atoms with Crippen molar-refractivity contribution in [3.63, 3.8) is 0 Å². The molecule has 23 heavy (non-hydrogen) atoms.